The van der Waals surface area contributed by atoms with Crippen LogP contribution in [0.5, 0.6) is 11.5 Å². The molecule has 3 N–H and O–H groups in total. The molecule has 11 heteroatoms. The zero-order valence-corrected chi connectivity index (χ0v) is 16.0. The van der Waals surface area contributed by atoms with Crippen LogP contribution >= 0.6 is 0 Å². The molecule has 0 atom stereocenters. The van der Waals surface area contributed by atoms with Crippen molar-refractivity contribution in [2.75, 3.05) is 18.5 Å². The molecule has 0 aliphatic rings. The number of hydrogen-bond donors (Lipinski definition) is 3. The van der Waals surface area contributed by atoms with Gasteiger partial charge in [0, 0.05) is 24.7 Å². The van der Waals surface area contributed by atoms with Gasteiger partial charge in [-0.25, -0.2) is 8.42 Å². The van der Waals surface area contributed by atoms with E-state index in [0.717, 1.165) is 6.07 Å². The number of rotatable bonds is 8. The summed E-state index contributed by atoms with van der Waals surface area (Å²) in [5.41, 5.74) is 2.15. The summed E-state index contributed by atoms with van der Waals surface area (Å²) in [5.74, 6) is -0.718. The highest BCUT2D eigenvalue weighted by Crippen LogP contribution is 2.30. The molecule has 0 bridgehead atoms. The average molecular weight is 408 g/mol. The van der Waals surface area contributed by atoms with Crippen molar-refractivity contribution in [3.63, 3.8) is 0 Å². The number of nitrogens with zero attached hydrogens (tertiary/aromatic N) is 3. The Labute approximate surface area is 161 Å². The summed E-state index contributed by atoms with van der Waals surface area (Å²) in [6.45, 7) is 3.84. The van der Waals surface area contributed by atoms with Crippen molar-refractivity contribution >= 4 is 27.6 Å². The standard InChI is InChI=1S/C17H20N4O6S/c1-3-20(4-2)28(26,27)13-8-9-14(15(10-13)21(24)25)19-18-11-12-6-5-7-16(22)17(12)23/h5-11,19,22-23H,3-4H2,1-2H3. The van der Waals surface area contributed by atoms with Crippen molar-refractivity contribution in [3.05, 3.63) is 52.1 Å². The Hall–Kier alpha value is -3.18. The van der Waals surface area contributed by atoms with Gasteiger partial charge >= 0.3 is 0 Å². The molecule has 28 heavy (non-hydrogen) atoms. The first-order chi connectivity index (χ1) is 13.2. The molecule has 0 amide bonds. The van der Waals surface area contributed by atoms with Gasteiger partial charge in [-0.05, 0) is 24.3 Å². The SMILES string of the molecule is CCN(CC)S(=O)(=O)c1ccc(NN=Cc2cccc(O)c2O)c([N+](=O)[O-])c1. The molecule has 2 rings (SSSR count). The van der Waals surface area contributed by atoms with Crippen LogP contribution in [0.25, 0.3) is 0 Å². The number of para-hydroxylation sites is 1. The summed E-state index contributed by atoms with van der Waals surface area (Å²) in [7, 11) is -3.85. The molecule has 0 aliphatic heterocycles. The third kappa shape index (κ3) is 4.38. The van der Waals surface area contributed by atoms with Crippen LogP contribution in [0.15, 0.2) is 46.4 Å². The second-order valence-corrected chi connectivity index (χ2v) is 7.55. The van der Waals surface area contributed by atoms with E-state index in [1.54, 1.807) is 13.8 Å². The Morgan fingerprint density at radius 3 is 2.50 bits per heavy atom. The van der Waals surface area contributed by atoms with Gasteiger partial charge in [0.15, 0.2) is 11.5 Å². The maximum Gasteiger partial charge on any atom is 0.295 e. The fourth-order valence-corrected chi connectivity index (χ4v) is 3.93. The lowest BCUT2D eigenvalue weighted by Gasteiger charge is -2.18. The third-order valence-corrected chi connectivity index (χ3v) is 5.99. The van der Waals surface area contributed by atoms with Crippen molar-refractivity contribution in [1.82, 2.24) is 4.31 Å². The topological polar surface area (TPSA) is 145 Å². The number of hydrogen-bond acceptors (Lipinski definition) is 8. The molecular formula is C17H20N4O6S. The van der Waals surface area contributed by atoms with Crippen LogP contribution in [0.3, 0.4) is 0 Å². The van der Waals surface area contributed by atoms with Crippen molar-refractivity contribution < 1.29 is 23.6 Å². The molecule has 0 aliphatic carbocycles. The lowest BCUT2D eigenvalue weighted by molar-refractivity contribution is -0.384. The lowest BCUT2D eigenvalue weighted by atomic mass is 10.2. The summed E-state index contributed by atoms with van der Waals surface area (Å²) < 4.78 is 26.3. The van der Waals surface area contributed by atoms with E-state index in [9.17, 15) is 28.7 Å². The number of phenolic OH excluding ortho intramolecular Hbond substituents is 2. The van der Waals surface area contributed by atoms with Crippen LogP contribution < -0.4 is 5.43 Å². The fraction of sp³-hybridized carbons (Fsp3) is 0.235. The monoisotopic (exact) mass is 408 g/mol. The maximum atomic E-state index is 12.6. The Balaban J connectivity index is 2.35. The van der Waals surface area contributed by atoms with Crippen LogP contribution in [-0.2, 0) is 10.0 Å². The second-order valence-electron chi connectivity index (χ2n) is 5.61. The van der Waals surface area contributed by atoms with Gasteiger partial charge < -0.3 is 10.2 Å². The minimum Gasteiger partial charge on any atom is -0.504 e. The predicted octanol–water partition coefficient (Wildman–Crippen LogP) is 2.48. The highest BCUT2D eigenvalue weighted by molar-refractivity contribution is 7.89. The third-order valence-electron chi connectivity index (χ3n) is 3.94. The lowest BCUT2D eigenvalue weighted by Crippen LogP contribution is -2.30. The van der Waals surface area contributed by atoms with Crippen LogP contribution in [0.1, 0.15) is 19.4 Å². The van der Waals surface area contributed by atoms with Gasteiger partial charge in [0.25, 0.3) is 5.69 Å². The molecule has 0 saturated heterocycles. The normalized spacial score (nSPS) is 11.8. The van der Waals surface area contributed by atoms with Crippen LogP contribution in [0.4, 0.5) is 11.4 Å². The first-order valence-electron chi connectivity index (χ1n) is 8.31. The number of benzene rings is 2. The largest absolute Gasteiger partial charge is 0.504 e. The van der Waals surface area contributed by atoms with E-state index in [4.69, 9.17) is 0 Å². The average Bonchev–Trinajstić information content (AvgIpc) is 2.65. The smallest absolute Gasteiger partial charge is 0.295 e. The molecular weight excluding hydrogens is 388 g/mol. The highest BCUT2D eigenvalue weighted by atomic mass is 32.2. The molecule has 0 unspecified atom stereocenters. The molecule has 0 heterocycles. The fourth-order valence-electron chi connectivity index (χ4n) is 2.45. The Kier molecular flexibility index (Phi) is 6.54. The van der Waals surface area contributed by atoms with Gasteiger partial charge in [-0.1, -0.05) is 19.9 Å². The van der Waals surface area contributed by atoms with Gasteiger partial charge in [0.05, 0.1) is 16.0 Å². The molecule has 0 fully saturated rings. The van der Waals surface area contributed by atoms with Crippen LogP contribution in [0.2, 0.25) is 0 Å². The van der Waals surface area contributed by atoms with E-state index in [2.05, 4.69) is 10.5 Å². The zero-order valence-electron chi connectivity index (χ0n) is 15.2. The molecule has 2 aromatic rings. The quantitative estimate of drug-likeness (QED) is 0.263. The summed E-state index contributed by atoms with van der Waals surface area (Å²) >= 11 is 0. The minimum absolute atomic E-state index is 0.0283. The number of nitro groups is 1. The number of hydrazone groups is 1. The van der Waals surface area contributed by atoms with E-state index in [1.165, 1.54) is 40.9 Å². The summed E-state index contributed by atoms with van der Waals surface area (Å²) in [4.78, 5) is 10.5. The Morgan fingerprint density at radius 1 is 1.21 bits per heavy atom. The van der Waals surface area contributed by atoms with Crippen molar-refractivity contribution in [2.45, 2.75) is 18.7 Å². The molecule has 0 spiro atoms. The zero-order chi connectivity index (χ0) is 20.9. The number of sulfonamides is 1. The van der Waals surface area contributed by atoms with Gasteiger partial charge in [-0.3, -0.25) is 15.5 Å². The van der Waals surface area contributed by atoms with Gasteiger partial charge in [-0.2, -0.15) is 9.41 Å². The van der Waals surface area contributed by atoms with Crippen molar-refractivity contribution in [1.29, 1.82) is 0 Å². The summed E-state index contributed by atoms with van der Waals surface area (Å²) in [5, 5.41) is 34.3. The predicted molar refractivity (Wildman–Crippen MR) is 104 cm³/mol. The maximum absolute atomic E-state index is 12.6. The Morgan fingerprint density at radius 2 is 1.89 bits per heavy atom. The summed E-state index contributed by atoms with van der Waals surface area (Å²) in [6.07, 6.45) is 1.17. The van der Waals surface area contributed by atoms with Crippen molar-refractivity contribution in [2.24, 2.45) is 5.10 Å². The number of aromatic hydroxyl groups is 2. The van der Waals surface area contributed by atoms with Crippen LogP contribution in [0, 0.1) is 10.1 Å². The van der Waals surface area contributed by atoms with Gasteiger partial charge in [0.1, 0.15) is 5.69 Å². The minimum atomic E-state index is -3.85. The van der Waals surface area contributed by atoms with E-state index in [0.29, 0.717) is 0 Å². The first-order valence-corrected chi connectivity index (χ1v) is 9.75. The van der Waals surface area contributed by atoms with Crippen LogP contribution in [-0.4, -0.2) is 47.2 Å². The first kappa shape index (κ1) is 21.1. The van der Waals surface area contributed by atoms with Crippen molar-refractivity contribution in [3.8, 4) is 11.5 Å². The summed E-state index contributed by atoms with van der Waals surface area (Å²) in [6, 6.07) is 7.73. The molecule has 0 aromatic heterocycles. The number of nitrogens with one attached hydrogen (secondary N) is 1. The molecule has 150 valence electrons. The Bertz CT molecular complexity index is 1000. The van der Waals surface area contributed by atoms with Gasteiger partial charge in [0.2, 0.25) is 10.0 Å². The molecule has 2 aromatic carbocycles. The van der Waals surface area contributed by atoms with E-state index in [1.807, 2.05) is 0 Å². The van der Waals surface area contributed by atoms with E-state index in [-0.39, 0.29) is 40.7 Å². The molecule has 0 radical (unpaired) electrons. The van der Waals surface area contributed by atoms with E-state index < -0.39 is 20.6 Å². The number of anilines is 1. The highest BCUT2D eigenvalue weighted by Gasteiger charge is 2.25. The molecule has 0 saturated carbocycles. The number of nitro benzene ring substituents is 1. The number of phenols is 2. The molecule has 10 nitrogen and oxygen atoms in total. The second kappa shape index (κ2) is 8.67. The van der Waals surface area contributed by atoms with E-state index >= 15 is 0 Å². The van der Waals surface area contributed by atoms with Gasteiger partial charge in [-0.15, -0.1) is 0 Å².